The summed E-state index contributed by atoms with van der Waals surface area (Å²) in [5.41, 5.74) is 0. The van der Waals surface area contributed by atoms with Crippen molar-refractivity contribution in [3.8, 4) is 0 Å². The molecule has 1 aliphatic rings. The van der Waals surface area contributed by atoms with Crippen molar-refractivity contribution in [3.05, 3.63) is 0 Å². The number of piperidine rings is 1. The molecule has 0 aromatic carbocycles. The Morgan fingerprint density at radius 1 is 1.56 bits per heavy atom. The van der Waals surface area contributed by atoms with Gasteiger partial charge in [-0.3, -0.25) is 5.32 Å². The smallest absolute Gasteiger partial charge is 0.258 e. The van der Waals surface area contributed by atoms with Crippen molar-refractivity contribution in [3.63, 3.8) is 0 Å². The van der Waals surface area contributed by atoms with Crippen LogP contribution >= 0.6 is 0 Å². The Morgan fingerprint density at radius 3 is 2.56 bits per heavy atom. The van der Waals surface area contributed by atoms with Gasteiger partial charge in [-0.1, -0.05) is 6.92 Å². The second kappa shape index (κ2) is 2.21. The van der Waals surface area contributed by atoms with Crippen LogP contribution in [-0.4, -0.2) is 12.6 Å². The highest BCUT2D eigenvalue weighted by Crippen LogP contribution is 2.24. The van der Waals surface area contributed by atoms with Gasteiger partial charge in [0.15, 0.2) is 0 Å². The van der Waals surface area contributed by atoms with E-state index in [9.17, 15) is 8.78 Å². The minimum atomic E-state index is -2.59. The van der Waals surface area contributed by atoms with E-state index in [0.717, 1.165) is 0 Å². The minimum absolute atomic E-state index is 0.00579. The van der Waals surface area contributed by atoms with Crippen LogP contribution in [0.25, 0.3) is 0 Å². The van der Waals surface area contributed by atoms with Crippen LogP contribution in [0, 0.1) is 5.92 Å². The van der Waals surface area contributed by atoms with E-state index >= 15 is 0 Å². The largest absolute Gasteiger partial charge is 0.302 e. The summed E-state index contributed by atoms with van der Waals surface area (Å²) in [6, 6.07) is -2.59. The van der Waals surface area contributed by atoms with E-state index in [1.807, 2.05) is 6.92 Å². The summed E-state index contributed by atoms with van der Waals surface area (Å²) in [6.45, 7) is 2.43. The lowest BCUT2D eigenvalue weighted by atomic mass is 10.0. The van der Waals surface area contributed by atoms with Gasteiger partial charge in [0.2, 0.25) is 0 Å². The highest BCUT2D eigenvalue weighted by molar-refractivity contribution is 4.73. The van der Waals surface area contributed by atoms with Crippen LogP contribution in [0.5, 0.6) is 0 Å². The van der Waals surface area contributed by atoms with Crippen LogP contribution in [-0.2, 0) is 0 Å². The molecule has 0 bridgehead atoms. The van der Waals surface area contributed by atoms with Gasteiger partial charge in [-0.05, 0) is 12.3 Å². The van der Waals surface area contributed by atoms with Crippen molar-refractivity contribution in [2.24, 2.45) is 5.92 Å². The topological polar surface area (TPSA) is 12.0 Å². The molecule has 0 amide bonds. The summed E-state index contributed by atoms with van der Waals surface area (Å²) in [6.07, 6.45) is 0.633. The summed E-state index contributed by atoms with van der Waals surface area (Å²) in [5.74, 6) is 0.407. The zero-order valence-electron chi connectivity index (χ0n) is 5.45. The van der Waals surface area contributed by atoms with E-state index in [2.05, 4.69) is 5.32 Å². The van der Waals surface area contributed by atoms with E-state index in [1.54, 1.807) is 0 Å². The van der Waals surface area contributed by atoms with E-state index in [4.69, 9.17) is 0 Å². The predicted octanol–water partition coefficient (Wildman–Crippen LogP) is 1.60. The Kier molecular flexibility index (Phi) is 1.70. The molecule has 0 aromatic rings. The molecule has 1 rings (SSSR count). The van der Waals surface area contributed by atoms with E-state index in [-0.39, 0.29) is 6.42 Å². The Bertz CT molecular complexity index is 93.2. The summed E-state index contributed by atoms with van der Waals surface area (Å²) in [5, 5.41) is 2.17. The first kappa shape index (κ1) is 6.93. The molecule has 1 unspecified atom stereocenters. The van der Waals surface area contributed by atoms with Crippen molar-refractivity contribution in [2.75, 3.05) is 6.54 Å². The van der Waals surface area contributed by atoms with Gasteiger partial charge in [0.25, 0.3) is 0 Å². The van der Waals surface area contributed by atoms with E-state index in [1.165, 1.54) is 0 Å². The predicted molar refractivity (Wildman–Crippen MR) is 31.3 cm³/mol. The molecule has 9 heavy (non-hydrogen) atoms. The molecular formula is C6H11F2N. The van der Waals surface area contributed by atoms with Gasteiger partial charge in [0.05, 0.1) is 0 Å². The Balaban J connectivity index is 2.35. The van der Waals surface area contributed by atoms with E-state index in [0.29, 0.717) is 18.9 Å². The fraction of sp³-hybridized carbons (Fsp3) is 1.00. The first-order chi connectivity index (χ1) is 4.10. The molecule has 0 saturated carbocycles. The maximum Gasteiger partial charge on any atom is 0.302 e. The maximum atomic E-state index is 12.3. The molecule has 0 aromatic heterocycles. The average molecular weight is 135 g/mol. The summed E-state index contributed by atoms with van der Waals surface area (Å²) in [7, 11) is 0. The molecule has 1 heterocycles. The molecule has 1 nitrogen and oxygen atoms in total. The van der Waals surface area contributed by atoms with Gasteiger partial charge in [0, 0.05) is 13.0 Å². The quantitative estimate of drug-likeness (QED) is 0.497. The standard InChI is InChI=1S/C6H11F2N/c1-5-2-3-6(7,8)9-4-5/h5,9H,2-4H2,1H3. The summed E-state index contributed by atoms with van der Waals surface area (Å²) < 4.78 is 24.5. The molecule has 3 heteroatoms. The zero-order valence-corrected chi connectivity index (χ0v) is 5.45. The molecule has 0 spiro atoms. The zero-order chi connectivity index (χ0) is 6.91. The molecule has 54 valence electrons. The third kappa shape index (κ3) is 1.90. The Morgan fingerprint density at radius 2 is 2.22 bits per heavy atom. The second-order valence-electron chi connectivity index (χ2n) is 2.73. The fourth-order valence-electron chi connectivity index (χ4n) is 0.942. The third-order valence-electron chi connectivity index (χ3n) is 1.66. The number of nitrogens with one attached hydrogen (secondary N) is 1. The SMILES string of the molecule is CC1CCC(F)(F)NC1. The van der Waals surface area contributed by atoms with Crippen molar-refractivity contribution in [2.45, 2.75) is 25.8 Å². The van der Waals surface area contributed by atoms with Crippen molar-refractivity contribution >= 4 is 0 Å². The summed E-state index contributed by atoms with van der Waals surface area (Å²) >= 11 is 0. The first-order valence-electron chi connectivity index (χ1n) is 3.23. The van der Waals surface area contributed by atoms with Gasteiger partial charge in [-0.2, -0.15) is 8.78 Å². The lowest BCUT2D eigenvalue weighted by molar-refractivity contribution is -0.0661. The van der Waals surface area contributed by atoms with Crippen LogP contribution in [0.4, 0.5) is 8.78 Å². The van der Waals surface area contributed by atoms with Crippen molar-refractivity contribution in [1.82, 2.24) is 5.32 Å². The van der Waals surface area contributed by atoms with Crippen LogP contribution in [0.15, 0.2) is 0 Å². The molecule has 1 saturated heterocycles. The lowest BCUT2D eigenvalue weighted by Gasteiger charge is -2.26. The highest BCUT2D eigenvalue weighted by atomic mass is 19.3. The second-order valence-corrected chi connectivity index (χ2v) is 2.73. The van der Waals surface area contributed by atoms with Gasteiger partial charge in [-0.25, -0.2) is 0 Å². The lowest BCUT2D eigenvalue weighted by Crippen LogP contribution is -2.43. The molecule has 1 fully saturated rings. The highest BCUT2D eigenvalue weighted by Gasteiger charge is 2.32. The van der Waals surface area contributed by atoms with Crippen LogP contribution in [0.3, 0.4) is 0 Å². The number of alkyl halides is 2. The molecular weight excluding hydrogens is 124 g/mol. The van der Waals surface area contributed by atoms with Gasteiger partial charge in [0.1, 0.15) is 0 Å². The van der Waals surface area contributed by atoms with Crippen molar-refractivity contribution in [1.29, 1.82) is 0 Å². The number of hydrogen-bond acceptors (Lipinski definition) is 1. The minimum Gasteiger partial charge on any atom is -0.258 e. The van der Waals surface area contributed by atoms with Crippen molar-refractivity contribution < 1.29 is 8.78 Å². The average Bonchev–Trinajstić information content (AvgIpc) is 1.78. The first-order valence-corrected chi connectivity index (χ1v) is 3.23. The molecule has 0 aliphatic carbocycles. The molecule has 0 radical (unpaired) electrons. The number of halogens is 2. The summed E-state index contributed by atoms with van der Waals surface area (Å²) in [4.78, 5) is 0. The Hall–Kier alpha value is -0.180. The monoisotopic (exact) mass is 135 g/mol. The normalized spacial score (nSPS) is 34.3. The fourth-order valence-corrected chi connectivity index (χ4v) is 0.942. The van der Waals surface area contributed by atoms with Crippen LogP contribution in [0.1, 0.15) is 19.8 Å². The maximum absolute atomic E-state index is 12.3. The van der Waals surface area contributed by atoms with Gasteiger partial charge < -0.3 is 0 Å². The Labute approximate surface area is 53.4 Å². The number of hydrogen-bond donors (Lipinski definition) is 1. The molecule has 1 aliphatic heterocycles. The van der Waals surface area contributed by atoms with Crippen LogP contribution in [0.2, 0.25) is 0 Å². The number of rotatable bonds is 0. The third-order valence-corrected chi connectivity index (χ3v) is 1.66. The van der Waals surface area contributed by atoms with E-state index < -0.39 is 6.05 Å². The molecule has 1 N–H and O–H groups in total. The van der Waals surface area contributed by atoms with Gasteiger partial charge in [-0.15, -0.1) is 0 Å². The molecule has 1 atom stereocenters. The van der Waals surface area contributed by atoms with Gasteiger partial charge >= 0.3 is 6.05 Å². The van der Waals surface area contributed by atoms with Crippen LogP contribution < -0.4 is 5.32 Å².